The average Bonchev–Trinajstić information content (AvgIpc) is 2.19. The van der Waals surface area contributed by atoms with Gasteiger partial charge in [-0.1, -0.05) is 25.5 Å². The van der Waals surface area contributed by atoms with Crippen LogP contribution in [0.15, 0.2) is 24.3 Å². The standard InChI is InChI=1S/C12H19O4P/c1-3-4-10(2)16-12-7-5-11(6-8-12)9-17(13,14)15/h5-8,10H,3-4,9H2,1-2H3,(H2,13,14,15). The van der Waals surface area contributed by atoms with Crippen molar-refractivity contribution in [2.75, 3.05) is 0 Å². The van der Waals surface area contributed by atoms with Crippen LogP contribution in [0.25, 0.3) is 0 Å². The topological polar surface area (TPSA) is 66.8 Å². The minimum absolute atomic E-state index is 0.160. The lowest BCUT2D eigenvalue weighted by molar-refractivity contribution is 0.210. The third-order valence-corrected chi connectivity index (χ3v) is 3.12. The molecule has 0 aliphatic carbocycles. The summed E-state index contributed by atoms with van der Waals surface area (Å²) in [6, 6.07) is 6.87. The number of ether oxygens (including phenoxy) is 1. The Labute approximate surface area is 102 Å². The van der Waals surface area contributed by atoms with Gasteiger partial charge in [0, 0.05) is 0 Å². The summed E-state index contributed by atoms with van der Waals surface area (Å²) in [5.74, 6) is 0.736. The summed E-state index contributed by atoms with van der Waals surface area (Å²) in [7, 11) is -3.98. The molecule has 1 rings (SSSR count). The van der Waals surface area contributed by atoms with Gasteiger partial charge in [-0.3, -0.25) is 4.57 Å². The zero-order valence-corrected chi connectivity index (χ0v) is 11.1. The summed E-state index contributed by atoms with van der Waals surface area (Å²) >= 11 is 0. The molecule has 1 unspecified atom stereocenters. The molecule has 96 valence electrons. The van der Waals surface area contributed by atoms with Gasteiger partial charge in [-0.2, -0.15) is 0 Å². The predicted molar refractivity (Wildman–Crippen MR) is 67.2 cm³/mol. The van der Waals surface area contributed by atoms with Gasteiger partial charge in [0.2, 0.25) is 0 Å². The largest absolute Gasteiger partial charge is 0.491 e. The van der Waals surface area contributed by atoms with Crippen molar-refractivity contribution in [3.8, 4) is 5.75 Å². The number of hydrogen-bond acceptors (Lipinski definition) is 2. The monoisotopic (exact) mass is 258 g/mol. The van der Waals surface area contributed by atoms with Crippen LogP contribution in [0.2, 0.25) is 0 Å². The van der Waals surface area contributed by atoms with Crippen LogP contribution in [-0.4, -0.2) is 15.9 Å². The van der Waals surface area contributed by atoms with Gasteiger partial charge in [0.1, 0.15) is 5.75 Å². The lowest BCUT2D eigenvalue weighted by atomic mass is 10.2. The van der Waals surface area contributed by atoms with Gasteiger partial charge in [0.25, 0.3) is 0 Å². The van der Waals surface area contributed by atoms with E-state index in [9.17, 15) is 4.57 Å². The maximum atomic E-state index is 10.8. The molecule has 0 radical (unpaired) electrons. The molecule has 2 N–H and O–H groups in total. The zero-order valence-electron chi connectivity index (χ0n) is 10.2. The Balaban J connectivity index is 2.59. The highest BCUT2D eigenvalue weighted by Crippen LogP contribution is 2.39. The Morgan fingerprint density at radius 1 is 1.29 bits per heavy atom. The molecule has 17 heavy (non-hydrogen) atoms. The summed E-state index contributed by atoms with van der Waals surface area (Å²) in [6.07, 6.45) is 1.99. The summed E-state index contributed by atoms with van der Waals surface area (Å²) in [5, 5.41) is 0. The zero-order chi connectivity index (χ0) is 12.9. The second-order valence-corrected chi connectivity index (χ2v) is 5.83. The predicted octanol–water partition coefficient (Wildman–Crippen LogP) is 2.93. The third kappa shape index (κ3) is 5.87. The van der Waals surface area contributed by atoms with Gasteiger partial charge in [0.05, 0.1) is 12.3 Å². The second-order valence-electron chi connectivity index (χ2n) is 4.18. The van der Waals surface area contributed by atoms with Crippen molar-refractivity contribution in [3.63, 3.8) is 0 Å². The van der Waals surface area contributed by atoms with Crippen molar-refractivity contribution in [2.45, 2.75) is 39.0 Å². The Kier molecular flexibility index (Phi) is 5.19. The maximum Gasteiger partial charge on any atom is 0.329 e. The fourth-order valence-electron chi connectivity index (χ4n) is 1.61. The lowest BCUT2D eigenvalue weighted by Gasteiger charge is -2.14. The fraction of sp³-hybridized carbons (Fsp3) is 0.500. The normalized spacial score (nSPS) is 13.4. The molecule has 0 fully saturated rings. The van der Waals surface area contributed by atoms with Crippen LogP contribution in [0.1, 0.15) is 32.3 Å². The molecular formula is C12H19O4P. The smallest absolute Gasteiger partial charge is 0.329 e. The molecule has 1 atom stereocenters. The molecule has 0 amide bonds. The highest BCUT2D eigenvalue weighted by molar-refractivity contribution is 7.50. The van der Waals surface area contributed by atoms with Gasteiger partial charge in [-0.05, 0) is 31.0 Å². The van der Waals surface area contributed by atoms with Crippen molar-refractivity contribution in [1.29, 1.82) is 0 Å². The minimum atomic E-state index is -3.98. The molecule has 0 spiro atoms. The molecule has 0 bridgehead atoms. The molecule has 0 heterocycles. The number of hydrogen-bond donors (Lipinski definition) is 2. The Bertz CT molecular complexity index is 382. The quantitative estimate of drug-likeness (QED) is 0.770. The van der Waals surface area contributed by atoms with Gasteiger partial charge in [-0.15, -0.1) is 0 Å². The van der Waals surface area contributed by atoms with Crippen LogP contribution < -0.4 is 4.74 Å². The Morgan fingerprint density at radius 2 is 1.88 bits per heavy atom. The van der Waals surface area contributed by atoms with Gasteiger partial charge >= 0.3 is 7.60 Å². The first kappa shape index (κ1) is 14.2. The van der Waals surface area contributed by atoms with Crippen molar-refractivity contribution < 1.29 is 19.1 Å². The van der Waals surface area contributed by atoms with Crippen molar-refractivity contribution in [1.82, 2.24) is 0 Å². The minimum Gasteiger partial charge on any atom is -0.491 e. The van der Waals surface area contributed by atoms with Crippen molar-refractivity contribution in [3.05, 3.63) is 29.8 Å². The molecule has 1 aromatic rings. The lowest BCUT2D eigenvalue weighted by Crippen LogP contribution is -2.10. The summed E-state index contributed by atoms with van der Waals surface area (Å²) in [4.78, 5) is 17.7. The van der Waals surface area contributed by atoms with Crippen LogP contribution >= 0.6 is 7.60 Å². The van der Waals surface area contributed by atoms with E-state index in [0.29, 0.717) is 5.56 Å². The van der Waals surface area contributed by atoms with Crippen molar-refractivity contribution in [2.24, 2.45) is 0 Å². The molecule has 0 aliphatic rings. The van der Waals surface area contributed by atoms with E-state index in [2.05, 4.69) is 6.92 Å². The number of benzene rings is 1. The average molecular weight is 258 g/mol. The highest BCUT2D eigenvalue weighted by Gasteiger charge is 2.13. The molecular weight excluding hydrogens is 239 g/mol. The van der Waals surface area contributed by atoms with Gasteiger partial charge in [-0.25, -0.2) is 0 Å². The first-order chi connectivity index (χ1) is 7.90. The van der Waals surface area contributed by atoms with Crippen LogP contribution in [0.4, 0.5) is 0 Å². The van der Waals surface area contributed by atoms with Crippen LogP contribution in [0.3, 0.4) is 0 Å². The summed E-state index contributed by atoms with van der Waals surface area (Å²) < 4.78 is 16.5. The van der Waals surface area contributed by atoms with E-state index in [1.165, 1.54) is 0 Å². The summed E-state index contributed by atoms with van der Waals surface area (Å²) in [6.45, 7) is 4.11. The number of rotatable bonds is 6. The van der Waals surface area contributed by atoms with E-state index < -0.39 is 7.60 Å². The fourth-order valence-corrected chi connectivity index (χ4v) is 2.30. The molecule has 0 saturated carbocycles. The molecule has 4 nitrogen and oxygen atoms in total. The SMILES string of the molecule is CCCC(C)Oc1ccc(CP(=O)(O)O)cc1. The first-order valence-corrected chi connectivity index (χ1v) is 7.50. The van der Waals surface area contributed by atoms with Crippen molar-refractivity contribution >= 4 is 7.60 Å². The van der Waals surface area contributed by atoms with E-state index >= 15 is 0 Å². The van der Waals surface area contributed by atoms with E-state index in [0.717, 1.165) is 18.6 Å². The van der Waals surface area contributed by atoms with E-state index in [1.54, 1.807) is 24.3 Å². The Morgan fingerprint density at radius 3 is 2.35 bits per heavy atom. The van der Waals surface area contributed by atoms with Crippen LogP contribution in [0, 0.1) is 0 Å². The van der Waals surface area contributed by atoms with Crippen LogP contribution in [0.5, 0.6) is 5.75 Å². The van der Waals surface area contributed by atoms with Gasteiger partial charge in [0.15, 0.2) is 0 Å². The molecule has 0 saturated heterocycles. The van der Waals surface area contributed by atoms with E-state index in [4.69, 9.17) is 14.5 Å². The highest BCUT2D eigenvalue weighted by atomic mass is 31.2. The Hall–Kier alpha value is -0.830. The first-order valence-electron chi connectivity index (χ1n) is 5.71. The molecule has 1 aromatic carbocycles. The molecule has 0 aliphatic heterocycles. The third-order valence-electron chi connectivity index (χ3n) is 2.34. The maximum absolute atomic E-state index is 10.8. The van der Waals surface area contributed by atoms with Crippen LogP contribution in [-0.2, 0) is 10.7 Å². The molecule has 0 aromatic heterocycles. The van der Waals surface area contributed by atoms with E-state index in [1.807, 2.05) is 6.92 Å². The van der Waals surface area contributed by atoms with E-state index in [-0.39, 0.29) is 12.3 Å². The van der Waals surface area contributed by atoms with Gasteiger partial charge < -0.3 is 14.5 Å². The second kappa shape index (κ2) is 6.20. The summed E-state index contributed by atoms with van der Waals surface area (Å²) in [5.41, 5.74) is 0.619. The molecule has 5 heteroatoms.